The smallest absolute Gasteiger partial charge is 0.414 e. The largest absolute Gasteiger partial charge is 0.473 e. The second kappa shape index (κ2) is 11.0. The van der Waals surface area contributed by atoms with E-state index >= 15 is 0 Å². The first-order valence-electron chi connectivity index (χ1n) is 7.34. The molecule has 0 aliphatic carbocycles. The van der Waals surface area contributed by atoms with Gasteiger partial charge in [-0.3, -0.25) is 0 Å². The number of carboxylic acid groups (broad SMARTS) is 2. The fourth-order valence-electron chi connectivity index (χ4n) is 1.88. The summed E-state index contributed by atoms with van der Waals surface area (Å²) in [6, 6.07) is 21.2. The van der Waals surface area contributed by atoms with Crippen molar-refractivity contribution in [1.29, 1.82) is 0 Å². The highest BCUT2D eigenvalue weighted by Gasteiger charge is 2.04. The van der Waals surface area contributed by atoms with Crippen molar-refractivity contribution >= 4 is 11.9 Å². The Hall–Kier alpha value is -2.66. The average molecular weight is 315 g/mol. The highest BCUT2D eigenvalue weighted by molar-refractivity contribution is 6.27. The molecule has 5 nitrogen and oxygen atoms in total. The first-order chi connectivity index (χ1) is 11.1. The summed E-state index contributed by atoms with van der Waals surface area (Å²) < 4.78 is 0. The van der Waals surface area contributed by atoms with Gasteiger partial charge < -0.3 is 15.5 Å². The molecule has 0 bridgehead atoms. The Labute approximate surface area is 135 Å². The van der Waals surface area contributed by atoms with Crippen molar-refractivity contribution in [2.24, 2.45) is 0 Å². The van der Waals surface area contributed by atoms with Crippen LogP contribution >= 0.6 is 0 Å². The normalized spacial score (nSPS) is 9.57. The fraction of sp³-hybridized carbons (Fsp3) is 0.222. The molecule has 2 aromatic rings. The summed E-state index contributed by atoms with van der Waals surface area (Å²) in [4.78, 5) is 18.2. The zero-order chi connectivity index (χ0) is 16.9. The van der Waals surface area contributed by atoms with Crippen molar-refractivity contribution < 1.29 is 19.8 Å². The Morgan fingerprint density at radius 1 is 0.696 bits per heavy atom. The van der Waals surface area contributed by atoms with Gasteiger partial charge in [0.15, 0.2) is 0 Å². The van der Waals surface area contributed by atoms with Gasteiger partial charge in [-0.1, -0.05) is 60.7 Å². The molecule has 2 rings (SSSR count). The first-order valence-corrected chi connectivity index (χ1v) is 7.34. The first kappa shape index (κ1) is 18.4. The maximum atomic E-state index is 9.10. The monoisotopic (exact) mass is 315 g/mol. The molecular weight excluding hydrogens is 294 g/mol. The summed E-state index contributed by atoms with van der Waals surface area (Å²) in [6.07, 6.45) is 2.21. The van der Waals surface area contributed by atoms with E-state index in [4.69, 9.17) is 19.8 Å². The Bertz CT molecular complexity index is 531. The summed E-state index contributed by atoms with van der Waals surface area (Å²) >= 11 is 0. The van der Waals surface area contributed by atoms with E-state index in [1.807, 2.05) is 0 Å². The average Bonchev–Trinajstić information content (AvgIpc) is 2.57. The molecule has 0 unspecified atom stereocenters. The molecule has 0 spiro atoms. The predicted octanol–water partition coefficient (Wildman–Crippen LogP) is 2.22. The molecular formula is C18H21NO4. The molecule has 0 saturated carbocycles. The number of rotatable bonds is 6. The van der Waals surface area contributed by atoms with E-state index < -0.39 is 11.9 Å². The van der Waals surface area contributed by atoms with Crippen molar-refractivity contribution in [2.45, 2.75) is 12.8 Å². The van der Waals surface area contributed by atoms with Gasteiger partial charge in [-0.25, -0.2) is 9.59 Å². The topological polar surface area (TPSA) is 86.6 Å². The third kappa shape index (κ3) is 9.06. The van der Waals surface area contributed by atoms with Gasteiger partial charge in [-0.05, 0) is 37.1 Å². The van der Waals surface area contributed by atoms with Gasteiger partial charge in [0.05, 0.1) is 0 Å². The molecule has 23 heavy (non-hydrogen) atoms. The minimum absolute atomic E-state index is 1.05. The molecule has 0 aliphatic heterocycles. The van der Waals surface area contributed by atoms with Crippen LogP contribution in [0, 0.1) is 0 Å². The van der Waals surface area contributed by atoms with E-state index in [1.165, 1.54) is 11.1 Å². The van der Waals surface area contributed by atoms with Crippen molar-refractivity contribution in [3.05, 3.63) is 71.8 Å². The molecule has 2 aromatic carbocycles. The predicted molar refractivity (Wildman–Crippen MR) is 88.4 cm³/mol. The number of carbonyl (C=O) groups is 2. The lowest BCUT2D eigenvalue weighted by molar-refractivity contribution is -0.159. The van der Waals surface area contributed by atoms with Crippen LogP contribution in [0.25, 0.3) is 0 Å². The summed E-state index contributed by atoms with van der Waals surface area (Å²) in [5.41, 5.74) is 2.81. The third-order valence-corrected chi connectivity index (χ3v) is 3.05. The van der Waals surface area contributed by atoms with Gasteiger partial charge in [-0.15, -0.1) is 0 Å². The Kier molecular flexibility index (Phi) is 8.78. The molecule has 0 amide bonds. The van der Waals surface area contributed by atoms with Crippen LogP contribution in [-0.2, 0) is 22.4 Å². The Morgan fingerprint density at radius 3 is 1.35 bits per heavy atom. The van der Waals surface area contributed by atoms with Crippen LogP contribution in [0.5, 0.6) is 0 Å². The minimum atomic E-state index is -1.82. The highest BCUT2D eigenvalue weighted by atomic mass is 16.4. The number of benzene rings is 2. The molecule has 0 fully saturated rings. The van der Waals surface area contributed by atoms with E-state index in [2.05, 4.69) is 66.0 Å². The highest BCUT2D eigenvalue weighted by Crippen LogP contribution is 1.99. The zero-order valence-electron chi connectivity index (χ0n) is 12.8. The second-order valence-corrected chi connectivity index (χ2v) is 4.83. The number of hydrogen-bond donors (Lipinski definition) is 3. The van der Waals surface area contributed by atoms with Crippen molar-refractivity contribution in [3.8, 4) is 0 Å². The zero-order valence-corrected chi connectivity index (χ0v) is 12.8. The summed E-state index contributed by atoms with van der Waals surface area (Å²) in [6.45, 7) is 2.10. The van der Waals surface area contributed by atoms with Crippen LogP contribution in [0.3, 0.4) is 0 Å². The molecule has 3 N–H and O–H groups in total. The molecule has 122 valence electrons. The lowest BCUT2D eigenvalue weighted by Crippen LogP contribution is -2.20. The number of aliphatic carboxylic acids is 2. The van der Waals surface area contributed by atoms with Crippen LogP contribution in [0.2, 0.25) is 0 Å². The van der Waals surface area contributed by atoms with E-state index in [0.717, 1.165) is 25.9 Å². The quantitative estimate of drug-likeness (QED) is 0.562. The third-order valence-electron chi connectivity index (χ3n) is 3.05. The van der Waals surface area contributed by atoms with Crippen molar-refractivity contribution in [2.75, 3.05) is 13.1 Å². The SMILES string of the molecule is O=C(O)C(=O)O.c1ccc(CCNCCc2ccccc2)cc1. The van der Waals surface area contributed by atoms with Crippen LogP contribution < -0.4 is 5.32 Å². The van der Waals surface area contributed by atoms with Gasteiger partial charge in [0.1, 0.15) is 0 Å². The number of nitrogens with one attached hydrogen (secondary N) is 1. The van der Waals surface area contributed by atoms with Crippen molar-refractivity contribution in [3.63, 3.8) is 0 Å². The fourth-order valence-corrected chi connectivity index (χ4v) is 1.88. The summed E-state index contributed by atoms with van der Waals surface area (Å²) in [5, 5.41) is 18.3. The lowest BCUT2D eigenvalue weighted by atomic mass is 10.1. The molecule has 0 aromatic heterocycles. The van der Waals surface area contributed by atoms with Crippen molar-refractivity contribution in [1.82, 2.24) is 5.32 Å². The van der Waals surface area contributed by atoms with Gasteiger partial charge in [0.2, 0.25) is 0 Å². The van der Waals surface area contributed by atoms with Gasteiger partial charge in [0, 0.05) is 0 Å². The molecule has 0 radical (unpaired) electrons. The van der Waals surface area contributed by atoms with Crippen LogP contribution in [0.4, 0.5) is 0 Å². The molecule has 0 heterocycles. The molecule has 5 heteroatoms. The molecule has 0 saturated heterocycles. The van der Waals surface area contributed by atoms with Crippen LogP contribution in [-0.4, -0.2) is 35.2 Å². The maximum absolute atomic E-state index is 9.10. The van der Waals surface area contributed by atoms with E-state index in [9.17, 15) is 0 Å². The van der Waals surface area contributed by atoms with Crippen LogP contribution in [0.1, 0.15) is 11.1 Å². The lowest BCUT2D eigenvalue weighted by Gasteiger charge is -2.05. The number of carboxylic acids is 2. The molecule has 0 aliphatic rings. The van der Waals surface area contributed by atoms with E-state index in [0.29, 0.717) is 0 Å². The Morgan fingerprint density at radius 2 is 1.04 bits per heavy atom. The van der Waals surface area contributed by atoms with E-state index in [1.54, 1.807) is 0 Å². The van der Waals surface area contributed by atoms with Gasteiger partial charge in [-0.2, -0.15) is 0 Å². The molecule has 0 atom stereocenters. The van der Waals surface area contributed by atoms with E-state index in [-0.39, 0.29) is 0 Å². The summed E-state index contributed by atoms with van der Waals surface area (Å²) in [5.74, 6) is -3.65. The van der Waals surface area contributed by atoms with Gasteiger partial charge in [0.25, 0.3) is 0 Å². The maximum Gasteiger partial charge on any atom is 0.414 e. The standard InChI is InChI=1S/C16H19N.C2H2O4/c1-3-7-15(8-4-1)11-13-17-14-12-16-9-5-2-6-10-16;3-1(4)2(5)6/h1-10,17H,11-14H2;(H,3,4)(H,5,6). The Balaban J connectivity index is 0.000000379. The minimum Gasteiger partial charge on any atom is -0.473 e. The summed E-state index contributed by atoms with van der Waals surface area (Å²) in [7, 11) is 0. The number of hydrogen-bond acceptors (Lipinski definition) is 3. The second-order valence-electron chi connectivity index (χ2n) is 4.83. The van der Waals surface area contributed by atoms with Crippen LogP contribution in [0.15, 0.2) is 60.7 Å². The van der Waals surface area contributed by atoms with Gasteiger partial charge >= 0.3 is 11.9 Å².